The molecule has 28 heavy (non-hydrogen) atoms. The number of anilines is 1. The van der Waals surface area contributed by atoms with Gasteiger partial charge in [-0.3, -0.25) is 9.58 Å². The molecule has 5 rings (SSSR count). The molecule has 2 aromatic heterocycles. The van der Waals surface area contributed by atoms with Crippen LogP contribution in [0.25, 0.3) is 11.3 Å². The van der Waals surface area contributed by atoms with Gasteiger partial charge in [0.1, 0.15) is 0 Å². The predicted molar refractivity (Wildman–Crippen MR) is 109 cm³/mol. The van der Waals surface area contributed by atoms with Crippen molar-refractivity contribution in [3.05, 3.63) is 24.5 Å². The third-order valence-corrected chi connectivity index (χ3v) is 6.05. The number of methoxy groups -OCH3 is 1. The topological polar surface area (TPSA) is 78.4 Å². The molecule has 7 nitrogen and oxygen atoms in total. The van der Waals surface area contributed by atoms with E-state index in [-0.39, 0.29) is 0 Å². The smallest absolute Gasteiger partial charge is 0.166 e. The van der Waals surface area contributed by atoms with Gasteiger partial charge in [-0.15, -0.1) is 0 Å². The summed E-state index contributed by atoms with van der Waals surface area (Å²) in [5.41, 5.74) is 7.54. The number of hydrogen-bond donors (Lipinski definition) is 1. The van der Waals surface area contributed by atoms with Gasteiger partial charge in [-0.1, -0.05) is 6.92 Å². The molecular formula is C21H31N5O2. The Morgan fingerprint density at radius 1 is 1.21 bits per heavy atom. The second-order valence-corrected chi connectivity index (χ2v) is 8.16. The second-order valence-electron chi connectivity index (χ2n) is 8.16. The maximum atomic E-state index is 5.70. The van der Waals surface area contributed by atoms with Crippen molar-refractivity contribution in [2.75, 3.05) is 39.1 Å². The van der Waals surface area contributed by atoms with Crippen molar-refractivity contribution in [2.45, 2.75) is 44.7 Å². The largest absolute Gasteiger partial charge is 0.493 e. The van der Waals surface area contributed by atoms with Crippen molar-refractivity contribution >= 4 is 5.82 Å². The quantitative estimate of drug-likeness (QED) is 0.872. The number of nitrogen functional groups attached to an aromatic ring is 1. The van der Waals surface area contributed by atoms with Crippen LogP contribution in [0.5, 0.6) is 5.75 Å². The maximum absolute atomic E-state index is 5.70. The van der Waals surface area contributed by atoms with Crippen molar-refractivity contribution in [3.63, 3.8) is 0 Å². The average Bonchev–Trinajstić information content (AvgIpc) is 3.23. The van der Waals surface area contributed by atoms with Gasteiger partial charge in [0.15, 0.2) is 11.6 Å². The van der Waals surface area contributed by atoms with Crippen LogP contribution in [0.3, 0.4) is 0 Å². The van der Waals surface area contributed by atoms with E-state index in [4.69, 9.17) is 15.2 Å². The molecule has 4 heterocycles. The summed E-state index contributed by atoms with van der Waals surface area (Å²) in [7, 11) is 1.59. The number of rotatable bonds is 4. The second kappa shape index (κ2) is 8.49. The molecule has 3 fully saturated rings. The summed E-state index contributed by atoms with van der Waals surface area (Å²) >= 11 is 0. The van der Waals surface area contributed by atoms with Gasteiger partial charge in [0, 0.05) is 24.5 Å². The molecule has 0 bridgehead atoms. The molecule has 1 aliphatic carbocycles. The molecule has 1 atom stereocenters. The van der Waals surface area contributed by atoms with Crippen molar-refractivity contribution in [1.82, 2.24) is 19.7 Å². The van der Waals surface area contributed by atoms with Crippen LogP contribution in [-0.2, 0) is 4.74 Å². The minimum Gasteiger partial charge on any atom is -0.493 e. The standard InChI is InChI=1S/C13H16N4O.C8H15NO/c1-18-12-7-9(8-15-13(12)14)11-5-6-17(16-11)10-3-2-4-10;1-7-2-3-9(4-7)8-5-10-6-8/h5-8,10H,2-4H2,1H3,(H2,14,15);7-8H,2-6H2,1H3. The Morgan fingerprint density at radius 3 is 2.61 bits per heavy atom. The highest BCUT2D eigenvalue weighted by atomic mass is 16.5. The first-order chi connectivity index (χ1) is 13.6. The highest BCUT2D eigenvalue weighted by molar-refractivity contribution is 5.63. The first-order valence-corrected chi connectivity index (χ1v) is 10.3. The van der Waals surface area contributed by atoms with E-state index in [1.54, 1.807) is 13.3 Å². The van der Waals surface area contributed by atoms with E-state index >= 15 is 0 Å². The molecule has 2 saturated heterocycles. The molecule has 0 aromatic carbocycles. The first-order valence-electron chi connectivity index (χ1n) is 10.3. The first kappa shape index (κ1) is 19.2. The van der Waals surface area contributed by atoms with Gasteiger partial charge in [-0.2, -0.15) is 5.10 Å². The number of nitrogens with zero attached hydrogens (tertiary/aromatic N) is 4. The molecule has 0 spiro atoms. The van der Waals surface area contributed by atoms with E-state index in [1.807, 2.05) is 23.0 Å². The number of nitrogens with two attached hydrogens (primary N) is 1. The summed E-state index contributed by atoms with van der Waals surface area (Å²) in [4.78, 5) is 6.68. The highest BCUT2D eigenvalue weighted by Crippen LogP contribution is 2.32. The van der Waals surface area contributed by atoms with E-state index < -0.39 is 0 Å². The van der Waals surface area contributed by atoms with Crippen molar-refractivity contribution in [1.29, 1.82) is 0 Å². The zero-order chi connectivity index (χ0) is 19.5. The van der Waals surface area contributed by atoms with Gasteiger partial charge in [-0.05, 0) is 50.3 Å². The SMILES string of the molecule is CC1CCN(C2COC2)C1.COc1cc(-c2ccn(C3CCC3)n2)cnc1N. The fourth-order valence-electron chi connectivity index (χ4n) is 3.84. The van der Waals surface area contributed by atoms with Gasteiger partial charge in [0.25, 0.3) is 0 Å². The van der Waals surface area contributed by atoms with Crippen LogP contribution in [0.4, 0.5) is 5.82 Å². The molecule has 1 unspecified atom stereocenters. The monoisotopic (exact) mass is 385 g/mol. The van der Waals surface area contributed by atoms with E-state index in [0.717, 1.165) is 36.4 Å². The molecule has 2 aromatic rings. The summed E-state index contributed by atoms with van der Waals surface area (Å²) in [5.74, 6) is 1.91. The molecule has 0 amide bonds. The Labute approximate surface area is 166 Å². The van der Waals surface area contributed by atoms with Gasteiger partial charge in [-0.25, -0.2) is 4.98 Å². The van der Waals surface area contributed by atoms with Crippen molar-refractivity contribution in [2.24, 2.45) is 5.92 Å². The van der Waals surface area contributed by atoms with E-state index in [1.165, 1.54) is 38.8 Å². The zero-order valence-corrected chi connectivity index (χ0v) is 16.9. The number of ether oxygens (including phenoxy) is 2. The molecule has 7 heteroatoms. The minimum absolute atomic E-state index is 0.402. The summed E-state index contributed by atoms with van der Waals surface area (Å²) < 4.78 is 12.4. The van der Waals surface area contributed by atoms with Crippen LogP contribution in [-0.4, -0.2) is 59.1 Å². The average molecular weight is 386 g/mol. The number of aromatic nitrogens is 3. The number of pyridine rings is 1. The van der Waals surface area contributed by atoms with Gasteiger partial charge >= 0.3 is 0 Å². The molecule has 2 N–H and O–H groups in total. The predicted octanol–water partition coefficient (Wildman–Crippen LogP) is 2.99. The normalized spacial score (nSPS) is 22.9. The number of likely N-dealkylation sites (tertiary alicyclic amines) is 1. The third-order valence-electron chi connectivity index (χ3n) is 6.05. The van der Waals surface area contributed by atoms with Crippen LogP contribution >= 0.6 is 0 Å². The fourth-order valence-corrected chi connectivity index (χ4v) is 3.84. The molecule has 152 valence electrons. The van der Waals surface area contributed by atoms with Gasteiger partial charge in [0.05, 0.1) is 38.1 Å². The van der Waals surface area contributed by atoms with Crippen LogP contribution in [0.15, 0.2) is 24.5 Å². The van der Waals surface area contributed by atoms with E-state index in [0.29, 0.717) is 17.6 Å². The molecular weight excluding hydrogens is 354 g/mol. The Balaban J connectivity index is 0.000000162. The van der Waals surface area contributed by atoms with Crippen LogP contribution in [0.2, 0.25) is 0 Å². The zero-order valence-electron chi connectivity index (χ0n) is 16.9. The van der Waals surface area contributed by atoms with E-state index in [2.05, 4.69) is 21.9 Å². The highest BCUT2D eigenvalue weighted by Gasteiger charge is 2.30. The maximum Gasteiger partial charge on any atom is 0.166 e. The van der Waals surface area contributed by atoms with Gasteiger partial charge in [0.2, 0.25) is 0 Å². The minimum atomic E-state index is 0.402. The molecule has 0 radical (unpaired) electrons. The Bertz CT molecular complexity index is 785. The lowest BCUT2D eigenvalue weighted by Gasteiger charge is -2.34. The molecule has 3 aliphatic rings. The van der Waals surface area contributed by atoms with Crippen LogP contribution in [0, 0.1) is 5.92 Å². The molecule has 2 aliphatic heterocycles. The van der Waals surface area contributed by atoms with Crippen molar-refractivity contribution in [3.8, 4) is 17.0 Å². The summed E-state index contributed by atoms with van der Waals surface area (Å²) in [5, 5.41) is 4.59. The third kappa shape index (κ3) is 4.15. The lowest BCUT2D eigenvalue weighted by Crippen LogP contribution is -2.47. The Kier molecular flexibility index (Phi) is 5.82. The van der Waals surface area contributed by atoms with Crippen molar-refractivity contribution < 1.29 is 9.47 Å². The fraction of sp³-hybridized carbons (Fsp3) is 0.619. The Hall–Kier alpha value is -2.12. The van der Waals surface area contributed by atoms with Gasteiger partial charge < -0.3 is 15.2 Å². The summed E-state index contributed by atoms with van der Waals surface area (Å²) in [6.45, 7) is 6.89. The van der Waals surface area contributed by atoms with Crippen LogP contribution in [0.1, 0.15) is 38.6 Å². The lowest BCUT2D eigenvalue weighted by molar-refractivity contribution is -0.0578. The number of hydrogen-bond acceptors (Lipinski definition) is 6. The lowest BCUT2D eigenvalue weighted by atomic mass is 9.93. The van der Waals surface area contributed by atoms with E-state index in [9.17, 15) is 0 Å². The molecule has 1 saturated carbocycles. The van der Waals surface area contributed by atoms with Crippen LogP contribution < -0.4 is 10.5 Å². The summed E-state index contributed by atoms with van der Waals surface area (Å²) in [6.07, 6.45) is 8.90. The summed E-state index contributed by atoms with van der Waals surface area (Å²) in [6, 6.07) is 5.22. The Morgan fingerprint density at radius 2 is 2.04 bits per heavy atom.